The summed E-state index contributed by atoms with van der Waals surface area (Å²) in [6.07, 6.45) is 0. The Bertz CT molecular complexity index is 187. The van der Waals surface area contributed by atoms with Crippen LogP contribution >= 0.6 is 0 Å². The quantitative estimate of drug-likeness (QED) is 0.736. The Kier molecular flexibility index (Phi) is 30.2. The molecule has 0 atom stereocenters. The average molecular weight is 359 g/mol. The van der Waals surface area contributed by atoms with E-state index in [4.69, 9.17) is 14.4 Å². The SMILES string of the molecule is [C]=O.[C]=O.[C]=O.[W][CH2]c1ccccc1. The first-order chi connectivity index (χ1) is 6.93. The molecule has 1 rings (SSSR count). The summed E-state index contributed by atoms with van der Waals surface area (Å²) in [5, 5.41) is 0. The van der Waals surface area contributed by atoms with Gasteiger partial charge in [0.2, 0.25) is 0 Å². The molecule has 0 saturated carbocycles. The fraction of sp³-hybridized carbons (Fsp3) is 0.100. The van der Waals surface area contributed by atoms with Gasteiger partial charge in [-0.1, -0.05) is 0 Å². The molecule has 1 aromatic carbocycles. The topological polar surface area (TPSA) is 51.2 Å². The van der Waals surface area contributed by atoms with E-state index in [0.29, 0.717) is 0 Å². The predicted octanol–water partition coefficient (Wildman–Crippen LogP) is 0.542. The van der Waals surface area contributed by atoms with Crippen LogP contribution in [0.3, 0.4) is 0 Å². The van der Waals surface area contributed by atoms with E-state index in [-0.39, 0.29) is 0 Å². The maximum absolute atomic E-state index is 7.50. The van der Waals surface area contributed by atoms with Gasteiger partial charge in [-0.25, -0.2) is 0 Å². The molecule has 0 N–H and O–H groups in total. The molecule has 6 radical (unpaired) electrons. The maximum atomic E-state index is 7.50. The molecule has 0 spiro atoms. The van der Waals surface area contributed by atoms with Crippen molar-refractivity contribution in [3.63, 3.8) is 0 Å². The van der Waals surface area contributed by atoms with Crippen molar-refractivity contribution < 1.29 is 34.2 Å². The van der Waals surface area contributed by atoms with Crippen molar-refractivity contribution in [3.05, 3.63) is 35.9 Å². The molecule has 71 valence electrons. The summed E-state index contributed by atoms with van der Waals surface area (Å²) in [6.45, 7) is 13.5. The Labute approximate surface area is 95.4 Å². The zero-order valence-corrected chi connectivity index (χ0v) is 10.2. The van der Waals surface area contributed by atoms with Crippen molar-refractivity contribution in [2.75, 3.05) is 0 Å². The van der Waals surface area contributed by atoms with Gasteiger partial charge < -0.3 is 0 Å². The third-order valence-corrected chi connectivity index (χ3v) is 2.21. The molecule has 0 fully saturated rings. The molecule has 0 unspecified atom stereocenters. The number of hydrogen-bond acceptors (Lipinski definition) is 3. The molecule has 0 aliphatic carbocycles. The molecule has 0 aromatic heterocycles. The van der Waals surface area contributed by atoms with Gasteiger partial charge in [0.1, 0.15) is 0 Å². The summed E-state index contributed by atoms with van der Waals surface area (Å²) in [4.78, 5) is 23.7. The summed E-state index contributed by atoms with van der Waals surface area (Å²) >= 11 is 1.63. The van der Waals surface area contributed by atoms with E-state index in [1.54, 1.807) is 19.8 Å². The van der Waals surface area contributed by atoms with Crippen molar-refractivity contribution in [2.45, 2.75) is 4.81 Å². The van der Waals surface area contributed by atoms with Gasteiger partial charge in [0.25, 0.3) is 20.4 Å². The van der Waals surface area contributed by atoms with Crippen LogP contribution in [0.15, 0.2) is 30.3 Å². The van der Waals surface area contributed by atoms with E-state index in [2.05, 4.69) is 50.7 Å². The second-order valence-electron chi connectivity index (χ2n) is 1.63. The first kappa shape index (κ1) is 18.7. The van der Waals surface area contributed by atoms with Crippen LogP contribution in [0, 0.1) is 0 Å². The van der Waals surface area contributed by atoms with Gasteiger partial charge >= 0.3 is 60.5 Å². The number of hydrogen-bond donors (Lipinski definition) is 0. The summed E-state index contributed by atoms with van der Waals surface area (Å²) < 4.78 is 0. The summed E-state index contributed by atoms with van der Waals surface area (Å²) in [5.41, 5.74) is 1.45. The second-order valence-corrected chi connectivity index (χ2v) is 2.67. The molecule has 0 aliphatic rings. The summed E-state index contributed by atoms with van der Waals surface area (Å²) in [6, 6.07) is 10.5. The normalized spacial score (nSPS) is 6.00. The van der Waals surface area contributed by atoms with Gasteiger partial charge in [-0.2, -0.15) is 0 Å². The zero-order valence-electron chi connectivity index (χ0n) is 7.23. The third-order valence-electron chi connectivity index (χ3n) is 1.01. The van der Waals surface area contributed by atoms with Crippen molar-refractivity contribution in [1.29, 1.82) is 0 Å². The van der Waals surface area contributed by atoms with Crippen LogP contribution in [0.2, 0.25) is 0 Å². The summed E-state index contributed by atoms with van der Waals surface area (Å²) in [5.74, 6) is 0. The molecule has 14 heavy (non-hydrogen) atoms. The van der Waals surface area contributed by atoms with Crippen LogP contribution in [0.5, 0.6) is 0 Å². The number of carbonyl (C=O) groups excluding carboxylic acids is 3. The van der Waals surface area contributed by atoms with Crippen LogP contribution in [-0.4, -0.2) is 20.4 Å². The molecule has 0 saturated heterocycles. The Balaban J connectivity index is -0.000000174. The fourth-order valence-corrected chi connectivity index (χ4v) is 1.27. The Morgan fingerprint density at radius 1 is 0.857 bits per heavy atom. The Hall–Kier alpha value is -1.08. The monoisotopic (exact) mass is 359 g/mol. The average Bonchev–Trinajstić information content (AvgIpc) is 2.37. The van der Waals surface area contributed by atoms with E-state index in [0.717, 1.165) is 0 Å². The Morgan fingerprint density at radius 2 is 1.21 bits per heavy atom. The van der Waals surface area contributed by atoms with Gasteiger partial charge in [0.05, 0.1) is 0 Å². The van der Waals surface area contributed by atoms with Crippen molar-refractivity contribution in [3.8, 4) is 0 Å². The summed E-state index contributed by atoms with van der Waals surface area (Å²) in [7, 11) is 0. The van der Waals surface area contributed by atoms with E-state index >= 15 is 0 Å². The van der Waals surface area contributed by atoms with E-state index in [9.17, 15) is 0 Å². The molecule has 1 aromatic rings. The molecule has 4 heteroatoms. The van der Waals surface area contributed by atoms with Crippen LogP contribution in [0.25, 0.3) is 0 Å². The van der Waals surface area contributed by atoms with E-state index in [1.165, 1.54) is 10.4 Å². The van der Waals surface area contributed by atoms with Crippen molar-refractivity contribution in [1.82, 2.24) is 0 Å². The second kappa shape index (κ2) is 22.7. The van der Waals surface area contributed by atoms with Crippen molar-refractivity contribution >= 4 is 20.4 Å². The number of rotatable bonds is 1. The molecule has 0 amide bonds. The fourth-order valence-electron chi connectivity index (χ4n) is 0.574. The van der Waals surface area contributed by atoms with Crippen LogP contribution < -0.4 is 0 Å². The standard InChI is InChI=1S/C7H7.3CO.W/c1-7-5-3-2-4-6-7;3*1-2;/h2-6H,1H2;;;;. The van der Waals surface area contributed by atoms with Crippen molar-refractivity contribution in [2.24, 2.45) is 0 Å². The first-order valence-corrected chi connectivity index (χ1v) is 5.24. The molecular formula is C10H7O3W. The Morgan fingerprint density at radius 3 is 1.43 bits per heavy atom. The predicted molar refractivity (Wildman–Crippen MR) is 47.2 cm³/mol. The molecular weight excluding hydrogens is 352 g/mol. The van der Waals surface area contributed by atoms with Crippen LogP contribution in [-0.2, 0) is 39.0 Å². The molecule has 3 nitrogen and oxygen atoms in total. The minimum atomic E-state index is 1.22. The van der Waals surface area contributed by atoms with Gasteiger partial charge in [-0.15, -0.1) is 0 Å². The number of benzene rings is 1. The van der Waals surface area contributed by atoms with Gasteiger partial charge in [-0.05, 0) is 0 Å². The molecule has 0 bridgehead atoms. The third kappa shape index (κ3) is 13.5. The van der Waals surface area contributed by atoms with Crippen LogP contribution in [0.1, 0.15) is 5.56 Å². The van der Waals surface area contributed by atoms with E-state index < -0.39 is 0 Å². The molecule has 0 heterocycles. The van der Waals surface area contributed by atoms with E-state index in [1.807, 2.05) is 0 Å². The van der Waals surface area contributed by atoms with Crippen LogP contribution in [0.4, 0.5) is 0 Å². The van der Waals surface area contributed by atoms with Gasteiger partial charge in [-0.3, -0.25) is 14.4 Å². The minimum absolute atomic E-state index is 1.22. The molecule has 0 aliphatic heterocycles. The van der Waals surface area contributed by atoms with Gasteiger partial charge in [0.15, 0.2) is 0 Å². The zero-order chi connectivity index (χ0) is 11.8. The first-order valence-electron chi connectivity index (χ1n) is 3.17. The van der Waals surface area contributed by atoms with Gasteiger partial charge in [0, 0.05) is 0 Å².